The number of benzene rings is 1. The number of nitrogen functional groups attached to an aromatic ring is 1. The van der Waals surface area contributed by atoms with E-state index in [-0.39, 0.29) is 0 Å². The van der Waals surface area contributed by atoms with Crippen molar-refractivity contribution in [1.82, 2.24) is 5.32 Å². The van der Waals surface area contributed by atoms with E-state index in [9.17, 15) is 0 Å². The van der Waals surface area contributed by atoms with Gasteiger partial charge >= 0.3 is 0 Å². The van der Waals surface area contributed by atoms with E-state index in [0.717, 1.165) is 35.6 Å². The molecule has 0 aliphatic carbocycles. The van der Waals surface area contributed by atoms with E-state index < -0.39 is 0 Å². The van der Waals surface area contributed by atoms with Crippen molar-refractivity contribution in [1.29, 1.82) is 0 Å². The summed E-state index contributed by atoms with van der Waals surface area (Å²) in [6.07, 6.45) is 2.37. The number of anilines is 1. The summed E-state index contributed by atoms with van der Waals surface area (Å²) in [4.78, 5) is 0. The third kappa shape index (κ3) is 2.28. The molecule has 3 N–H and O–H groups in total. The highest BCUT2D eigenvalue weighted by Crippen LogP contribution is 2.23. The van der Waals surface area contributed by atoms with Gasteiger partial charge in [-0.2, -0.15) is 0 Å². The molecule has 1 aromatic carbocycles. The van der Waals surface area contributed by atoms with E-state index in [1.54, 1.807) is 0 Å². The average Bonchev–Trinajstić information content (AvgIpc) is 2.64. The first-order chi connectivity index (χ1) is 6.75. The van der Waals surface area contributed by atoms with Gasteiger partial charge in [0.1, 0.15) is 0 Å². The number of halogens is 1. The minimum Gasteiger partial charge on any atom is -0.399 e. The van der Waals surface area contributed by atoms with Crippen LogP contribution in [0.1, 0.15) is 12.0 Å². The Morgan fingerprint density at radius 3 is 3.07 bits per heavy atom. The first-order valence-corrected chi connectivity index (χ1v) is 5.79. The van der Waals surface area contributed by atoms with Crippen LogP contribution in [0.5, 0.6) is 0 Å². The number of nitrogens with one attached hydrogen (secondary N) is 1. The molecule has 2 nitrogen and oxygen atoms in total. The molecule has 1 unspecified atom stereocenters. The van der Waals surface area contributed by atoms with Crippen molar-refractivity contribution in [3.05, 3.63) is 28.2 Å². The SMILES string of the molecule is Nc1ccc(Br)cc1CC1CCNC1. The zero-order valence-electron chi connectivity index (χ0n) is 8.09. The summed E-state index contributed by atoms with van der Waals surface area (Å²) < 4.78 is 1.12. The van der Waals surface area contributed by atoms with Crippen LogP contribution in [0, 0.1) is 5.92 Å². The van der Waals surface area contributed by atoms with E-state index in [4.69, 9.17) is 5.73 Å². The molecular weight excluding hydrogens is 240 g/mol. The number of nitrogens with two attached hydrogens (primary N) is 1. The zero-order chi connectivity index (χ0) is 9.97. The molecule has 0 aromatic heterocycles. The Labute approximate surface area is 93.0 Å². The third-order valence-corrected chi connectivity index (χ3v) is 3.27. The average molecular weight is 255 g/mol. The second-order valence-electron chi connectivity index (χ2n) is 3.91. The van der Waals surface area contributed by atoms with Crippen molar-refractivity contribution >= 4 is 21.6 Å². The van der Waals surface area contributed by atoms with Gasteiger partial charge in [-0.3, -0.25) is 0 Å². The van der Waals surface area contributed by atoms with Crippen LogP contribution in [0.2, 0.25) is 0 Å². The third-order valence-electron chi connectivity index (χ3n) is 2.78. The van der Waals surface area contributed by atoms with Gasteiger partial charge in [-0.15, -0.1) is 0 Å². The van der Waals surface area contributed by atoms with Crippen molar-refractivity contribution < 1.29 is 0 Å². The van der Waals surface area contributed by atoms with Crippen molar-refractivity contribution in [2.75, 3.05) is 18.8 Å². The van der Waals surface area contributed by atoms with Crippen LogP contribution in [0.15, 0.2) is 22.7 Å². The fourth-order valence-electron chi connectivity index (χ4n) is 1.95. The monoisotopic (exact) mass is 254 g/mol. The second kappa shape index (κ2) is 4.32. The van der Waals surface area contributed by atoms with Crippen LogP contribution in [0.3, 0.4) is 0 Å². The topological polar surface area (TPSA) is 38.0 Å². The highest BCUT2D eigenvalue weighted by Gasteiger charge is 2.15. The van der Waals surface area contributed by atoms with Crippen molar-refractivity contribution in [2.45, 2.75) is 12.8 Å². The summed E-state index contributed by atoms with van der Waals surface area (Å²) in [7, 11) is 0. The number of rotatable bonds is 2. The Hall–Kier alpha value is -0.540. The van der Waals surface area contributed by atoms with E-state index in [2.05, 4.69) is 27.3 Å². The van der Waals surface area contributed by atoms with Crippen molar-refractivity contribution in [3.63, 3.8) is 0 Å². The van der Waals surface area contributed by atoms with Crippen molar-refractivity contribution in [3.8, 4) is 0 Å². The molecule has 1 fully saturated rings. The van der Waals surface area contributed by atoms with Crippen LogP contribution in [0.4, 0.5) is 5.69 Å². The molecule has 0 bridgehead atoms. The van der Waals surface area contributed by atoms with Gasteiger partial charge in [0.15, 0.2) is 0 Å². The minimum atomic E-state index is 0.756. The Bertz CT molecular complexity index is 319. The smallest absolute Gasteiger partial charge is 0.0347 e. The molecule has 1 aromatic rings. The van der Waals surface area contributed by atoms with Crippen LogP contribution >= 0.6 is 15.9 Å². The van der Waals surface area contributed by atoms with Gasteiger partial charge in [-0.25, -0.2) is 0 Å². The van der Waals surface area contributed by atoms with E-state index >= 15 is 0 Å². The highest BCUT2D eigenvalue weighted by molar-refractivity contribution is 9.10. The van der Waals surface area contributed by atoms with Gasteiger partial charge in [0.25, 0.3) is 0 Å². The molecule has 1 aliphatic rings. The minimum absolute atomic E-state index is 0.756. The van der Waals surface area contributed by atoms with Crippen LogP contribution in [-0.2, 0) is 6.42 Å². The molecule has 14 heavy (non-hydrogen) atoms. The second-order valence-corrected chi connectivity index (χ2v) is 4.82. The lowest BCUT2D eigenvalue weighted by Crippen LogP contribution is -2.11. The summed E-state index contributed by atoms with van der Waals surface area (Å²) >= 11 is 3.47. The molecule has 2 rings (SSSR count). The van der Waals surface area contributed by atoms with Crippen molar-refractivity contribution in [2.24, 2.45) is 5.92 Å². The fraction of sp³-hybridized carbons (Fsp3) is 0.455. The maximum atomic E-state index is 5.93. The summed E-state index contributed by atoms with van der Waals surface area (Å²) in [6.45, 7) is 2.28. The highest BCUT2D eigenvalue weighted by atomic mass is 79.9. The molecule has 1 heterocycles. The summed E-state index contributed by atoms with van der Waals surface area (Å²) in [6, 6.07) is 6.10. The molecular formula is C11H15BrN2. The molecule has 0 amide bonds. The van der Waals surface area contributed by atoms with E-state index in [0.29, 0.717) is 0 Å². The summed E-state index contributed by atoms with van der Waals surface area (Å²) in [5.41, 5.74) is 8.11. The van der Waals surface area contributed by atoms with E-state index in [1.807, 2.05) is 12.1 Å². The van der Waals surface area contributed by atoms with Crippen LogP contribution in [0.25, 0.3) is 0 Å². The molecule has 3 heteroatoms. The van der Waals surface area contributed by atoms with Gasteiger partial charge < -0.3 is 11.1 Å². The molecule has 0 radical (unpaired) electrons. The molecule has 0 saturated carbocycles. The lowest BCUT2D eigenvalue weighted by Gasteiger charge is -2.10. The lowest BCUT2D eigenvalue weighted by atomic mass is 9.98. The predicted molar refractivity (Wildman–Crippen MR) is 63.2 cm³/mol. The largest absolute Gasteiger partial charge is 0.399 e. The van der Waals surface area contributed by atoms with Gasteiger partial charge in [0.2, 0.25) is 0 Å². The molecule has 76 valence electrons. The summed E-state index contributed by atoms with van der Waals surface area (Å²) in [5, 5.41) is 3.37. The van der Waals surface area contributed by atoms with Gasteiger partial charge in [-0.05, 0) is 55.6 Å². The maximum absolute atomic E-state index is 5.93. The first kappa shape index (κ1) is 9.99. The summed E-state index contributed by atoms with van der Waals surface area (Å²) in [5.74, 6) is 0.756. The number of hydrogen-bond acceptors (Lipinski definition) is 2. The quantitative estimate of drug-likeness (QED) is 0.795. The normalized spacial score (nSPS) is 21.4. The number of hydrogen-bond donors (Lipinski definition) is 2. The lowest BCUT2D eigenvalue weighted by molar-refractivity contribution is 0.581. The zero-order valence-corrected chi connectivity index (χ0v) is 9.68. The fourth-order valence-corrected chi connectivity index (χ4v) is 2.36. The Balaban J connectivity index is 2.10. The van der Waals surface area contributed by atoms with Gasteiger partial charge in [-0.1, -0.05) is 15.9 Å². The first-order valence-electron chi connectivity index (χ1n) is 5.00. The molecule has 0 spiro atoms. The van der Waals surface area contributed by atoms with Crippen LogP contribution in [-0.4, -0.2) is 13.1 Å². The van der Waals surface area contributed by atoms with E-state index in [1.165, 1.54) is 12.0 Å². The Morgan fingerprint density at radius 1 is 1.50 bits per heavy atom. The Morgan fingerprint density at radius 2 is 2.36 bits per heavy atom. The van der Waals surface area contributed by atoms with Gasteiger partial charge in [0, 0.05) is 10.2 Å². The van der Waals surface area contributed by atoms with Gasteiger partial charge in [0.05, 0.1) is 0 Å². The standard InChI is InChI=1S/C11H15BrN2/c12-10-1-2-11(13)9(6-10)5-8-3-4-14-7-8/h1-2,6,8,14H,3-5,7,13H2. The van der Waals surface area contributed by atoms with Crippen LogP contribution < -0.4 is 11.1 Å². The molecule has 1 atom stereocenters. The molecule has 1 aliphatic heterocycles. The predicted octanol–water partition coefficient (Wildman–Crippen LogP) is 2.18. The maximum Gasteiger partial charge on any atom is 0.0347 e. The Kier molecular flexibility index (Phi) is 3.08. The molecule has 1 saturated heterocycles.